The van der Waals surface area contributed by atoms with Crippen molar-refractivity contribution in [3.05, 3.63) is 53.3 Å². The van der Waals surface area contributed by atoms with Gasteiger partial charge in [0.25, 0.3) is 5.91 Å². The van der Waals surface area contributed by atoms with Crippen LogP contribution < -0.4 is 10.1 Å². The van der Waals surface area contributed by atoms with Gasteiger partial charge in [0.15, 0.2) is 11.6 Å². The summed E-state index contributed by atoms with van der Waals surface area (Å²) < 4.78 is 18.2. The summed E-state index contributed by atoms with van der Waals surface area (Å²) in [6.07, 6.45) is 0. The lowest BCUT2D eigenvalue weighted by Gasteiger charge is -2.05. The first-order valence-electron chi connectivity index (χ1n) is 6.86. The Balaban J connectivity index is 1.91. The molecule has 2 aromatic carbocycles. The molecule has 24 heavy (non-hydrogen) atoms. The van der Waals surface area contributed by atoms with E-state index >= 15 is 0 Å². The van der Waals surface area contributed by atoms with Crippen molar-refractivity contribution < 1.29 is 23.8 Å². The molecule has 3 N–H and O–H groups in total. The Kier molecular flexibility index (Phi) is 3.87. The third-order valence-corrected chi connectivity index (χ3v) is 3.39. The average molecular weight is 329 g/mol. The third-order valence-electron chi connectivity index (χ3n) is 3.39. The summed E-state index contributed by atoms with van der Waals surface area (Å²) in [4.78, 5) is 30.3. The molecule has 0 aliphatic rings. The number of aromatic carboxylic acids is 1. The molecule has 1 amide bonds. The average Bonchev–Trinajstić information content (AvgIpc) is 2.97. The predicted octanol–water partition coefficient (Wildman–Crippen LogP) is 2.66. The van der Waals surface area contributed by atoms with Gasteiger partial charge in [-0.25, -0.2) is 14.2 Å². The van der Waals surface area contributed by atoms with Crippen molar-refractivity contribution in [1.82, 2.24) is 9.97 Å². The van der Waals surface area contributed by atoms with Crippen molar-refractivity contribution in [2.75, 3.05) is 12.4 Å². The number of carboxylic acids is 1. The van der Waals surface area contributed by atoms with Crippen LogP contribution in [0, 0.1) is 5.82 Å². The van der Waals surface area contributed by atoms with Gasteiger partial charge in [-0.15, -0.1) is 0 Å². The maximum Gasteiger partial charge on any atom is 0.337 e. The number of carbonyl (C=O) groups excluding carboxylic acids is 1. The van der Waals surface area contributed by atoms with Crippen molar-refractivity contribution in [2.24, 2.45) is 0 Å². The highest BCUT2D eigenvalue weighted by Gasteiger charge is 2.15. The number of fused-ring (bicyclic) bond motifs is 1. The van der Waals surface area contributed by atoms with Gasteiger partial charge < -0.3 is 14.8 Å². The minimum absolute atomic E-state index is 0.0210. The van der Waals surface area contributed by atoms with E-state index in [1.807, 2.05) is 0 Å². The molecular formula is C16H12FN3O4. The number of aromatic nitrogens is 2. The van der Waals surface area contributed by atoms with Crippen molar-refractivity contribution in [1.29, 1.82) is 0 Å². The fourth-order valence-electron chi connectivity index (χ4n) is 2.24. The zero-order chi connectivity index (χ0) is 17.3. The van der Waals surface area contributed by atoms with E-state index in [1.54, 1.807) is 12.1 Å². The second kappa shape index (κ2) is 5.99. The fraction of sp³-hybridized carbons (Fsp3) is 0.0625. The Hall–Kier alpha value is -3.42. The van der Waals surface area contributed by atoms with E-state index in [0.29, 0.717) is 5.52 Å². The number of ether oxygens (including phenoxy) is 1. The molecule has 0 atom stereocenters. The number of methoxy groups -OCH3 is 1. The summed E-state index contributed by atoms with van der Waals surface area (Å²) in [7, 11) is 1.30. The van der Waals surface area contributed by atoms with Gasteiger partial charge in [0.2, 0.25) is 5.95 Å². The molecule has 0 saturated heterocycles. The van der Waals surface area contributed by atoms with Crippen LogP contribution in [-0.2, 0) is 0 Å². The van der Waals surface area contributed by atoms with Gasteiger partial charge in [-0.2, -0.15) is 0 Å². The number of nitrogens with zero attached hydrogens (tertiary/aromatic N) is 1. The molecule has 7 nitrogen and oxygen atoms in total. The zero-order valence-electron chi connectivity index (χ0n) is 12.5. The fourth-order valence-corrected chi connectivity index (χ4v) is 2.24. The van der Waals surface area contributed by atoms with Crippen LogP contribution in [0.1, 0.15) is 20.7 Å². The molecule has 0 aliphatic carbocycles. The monoisotopic (exact) mass is 329 g/mol. The summed E-state index contributed by atoms with van der Waals surface area (Å²) in [5.41, 5.74) is 0.902. The first-order chi connectivity index (χ1) is 11.5. The Labute approximate surface area is 135 Å². The minimum Gasteiger partial charge on any atom is -0.494 e. The van der Waals surface area contributed by atoms with E-state index in [4.69, 9.17) is 9.84 Å². The summed E-state index contributed by atoms with van der Waals surface area (Å²) >= 11 is 0. The molecule has 3 aromatic rings. The molecule has 1 heterocycles. The highest BCUT2D eigenvalue weighted by molar-refractivity contribution is 6.05. The van der Waals surface area contributed by atoms with E-state index in [2.05, 4.69) is 15.3 Å². The quantitative estimate of drug-likeness (QED) is 0.682. The number of carboxylic acid groups (broad SMARTS) is 1. The maximum atomic E-state index is 13.4. The number of aromatic amines is 1. The minimum atomic E-state index is -1.12. The molecular weight excluding hydrogens is 317 g/mol. The van der Waals surface area contributed by atoms with Crippen molar-refractivity contribution >= 4 is 28.9 Å². The Bertz CT molecular complexity index is 952. The van der Waals surface area contributed by atoms with Gasteiger partial charge in [-0.1, -0.05) is 6.07 Å². The van der Waals surface area contributed by atoms with Gasteiger partial charge in [0, 0.05) is 5.56 Å². The standard InChI is InChI=1S/C16H12FN3O4/c1-24-12-7-8(5-6-10(12)17)14(21)20-16-18-11-4-2-3-9(15(22)23)13(11)19-16/h2-7H,1H3,(H,22,23)(H2,18,19,20,21). The number of hydrogen-bond acceptors (Lipinski definition) is 4. The first-order valence-corrected chi connectivity index (χ1v) is 6.86. The van der Waals surface area contributed by atoms with Crippen LogP contribution in [0.5, 0.6) is 5.75 Å². The number of benzene rings is 2. The highest BCUT2D eigenvalue weighted by Crippen LogP contribution is 2.21. The second-order valence-corrected chi connectivity index (χ2v) is 4.90. The number of halogens is 1. The predicted molar refractivity (Wildman–Crippen MR) is 84.0 cm³/mol. The summed E-state index contributed by atoms with van der Waals surface area (Å²) in [5.74, 6) is -2.20. The lowest BCUT2D eigenvalue weighted by molar-refractivity contribution is 0.0698. The third kappa shape index (κ3) is 2.76. The van der Waals surface area contributed by atoms with E-state index in [-0.39, 0.29) is 28.3 Å². The van der Waals surface area contributed by atoms with Crippen LogP contribution in [0.15, 0.2) is 36.4 Å². The van der Waals surface area contributed by atoms with Gasteiger partial charge in [0.1, 0.15) is 5.52 Å². The van der Waals surface area contributed by atoms with Gasteiger partial charge in [0.05, 0.1) is 18.2 Å². The Morgan fingerprint density at radius 2 is 2.08 bits per heavy atom. The molecule has 0 fully saturated rings. The topological polar surface area (TPSA) is 104 Å². The van der Waals surface area contributed by atoms with Gasteiger partial charge in [-0.3, -0.25) is 10.1 Å². The number of H-pyrrole nitrogens is 1. The van der Waals surface area contributed by atoms with E-state index in [0.717, 1.165) is 6.07 Å². The largest absolute Gasteiger partial charge is 0.494 e. The number of hydrogen-bond donors (Lipinski definition) is 3. The lowest BCUT2D eigenvalue weighted by atomic mass is 10.2. The SMILES string of the molecule is COc1cc(C(=O)Nc2nc3c(C(=O)O)cccc3[nH]2)ccc1F. The van der Waals surface area contributed by atoms with E-state index in [9.17, 15) is 14.0 Å². The Morgan fingerprint density at radius 3 is 2.79 bits per heavy atom. The molecule has 0 saturated carbocycles. The smallest absolute Gasteiger partial charge is 0.337 e. The number of nitrogens with one attached hydrogen (secondary N) is 2. The second-order valence-electron chi connectivity index (χ2n) is 4.90. The van der Waals surface area contributed by atoms with E-state index < -0.39 is 17.7 Å². The maximum absolute atomic E-state index is 13.4. The number of anilines is 1. The summed E-state index contributed by atoms with van der Waals surface area (Å²) in [6, 6.07) is 8.32. The van der Waals surface area contributed by atoms with E-state index in [1.165, 1.54) is 25.3 Å². The van der Waals surface area contributed by atoms with Crippen LogP contribution in [0.3, 0.4) is 0 Å². The number of para-hydroxylation sites is 1. The van der Waals surface area contributed by atoms with Gasteiger partial charge >= 0.3 is 5.97 Å². The molecule has 8 heteroatoms. The Morgan fingerprint density at radius 1 is 1.29 bits per heavy atom. The first kappa shape index (κ1) is 15.5. The molecule has 0 aliphatic heterocycles. The summed E-state index contributed by atoms with van der Waals surface area (Å²) in [6.45, 7) is 0. The lowest BCUT2D eigenvalue weighted by Crippen LogP contribution is -2.13. The normalized spacial score (nSPS) is 10.6. The van der Waals surface area contributed by atoms with Gasteiger partial charge in [-0.05, 0) is 30.3 Å². The highest BCUT2D eigenvalue weighted by atomic mass is 19.1. The molecule has 0 radical (unpaired) electrons. The van der Waals surface area contributed by atoms with Crippen LogP contribution in [0.25, 0.3) is 11.0 Å². The number of rotatable bonds is 4. The molecule has 122 valence electrons. The molecule has 0 spiro atoms. The number of amides is 1. The van der Waals surface area contributed by atoms with Crippen LogP contribution >= 0.6 is 0 Å². The zero-order valence-corrected chi connectivity index (χ0v) is 12.5. The van der Waals surface area contributed by atoms with Crippen molar-refractivity contribution in [2.45, 2.75) is 0 Å². The molecule has 3 rings (SSSR count). The van der Waals surface area contributed by atoms with Crippen molar-refractivity contribution in [3.63, 3.8) is 0 Å². The van der Waals surface area contributed by atoms with Crippen LogP contribution in [0.2, 0.25) is 0 Å². The summed E-state index contributed by atoms with van der Waals surface area (Å²) in [5, 5.41) is 11.7. The molecule has 0 bridgehead atoms. The molecule has 0 unspecified atom stereocenters. The number of carbonyl (C=O) groups is 2. The van der Waals surface area contributed by atoms with Crippen LogP contribution in [-0.4, -0.2) is 34.1 Å². The number of imidazole rings is 1. The van der Waals surface area contributed by atoms with Crippen molar-refractivity contribution in [3.8, 4) is 5.75 Å². The van der Waals surface area contributed by atoms with Crippen LogP contribution in [0.4, 0.5) is 10.3 Å². The molecule has 1 aromatic heterocycles.